The Bertz CT molecular complexity index is 1030. The van der Waals surface area contributed by atoms with E-state index in [-0.39, 0.29) is 5.75 Å². The SMILES string of the molecule is CC(C)(O)C(F)(F)Oc1ccc(-c2ncc[nH]2)c2nc(N3CC4CC(C3)N4)sc12. The summed E-state index contributed by atoms with van der Waals surface area (Å²) >= 11 is 1.32. The molecule has 0 radical (unpaired) electrons. The number of anilines is 1. The number of fused-ring (bicyclic) bond motifs is 3. The number of piperazine rings is 1. The zero-order valence-electron chi connectivity index (χ0n) is 15.9. The standard InChI is InChI=1S/C19H21F2N5O2S/c1-18(2,27)19(20,21)28-13-4-3-12(16-22-5-6-23-16)14-15(13)29-17(25-14)26-8-10-7-11(9-26)24-10/h3-6,10-11,24,27H,7-9H2,1-2H3,(H,22,23). The first-order chi connectivity index (χ1) is 13.7. The summed E-state index contributed by atoms with van der Waals surface area (Å²) in [6, 6.07) is 4.04. The van der Waals surface area contributed by atoms with Gasteiger partial charge in [-0.05, 0) is 32.4 Å². The number of ether oxygens (including phenoxy) is 1. The van der Waals surface area contributed by atoms with Gasteiger partial charge in [0.05, 0.1) is 10.2 Å². The van der Waals surface area contributed by atoms with Crippen LogP contribution < -0.4 is 15.0 Å². The summed E-state index contributed by atoms with van der Waals surface area (Å²) in [4.78, 5) is 14.3. The van der Waals surface area contributed by atoms with Crippen LogP contribution in [0.2, 0.25) is 0 Å². The summed E-state index contributed by atoms with van der Waals surface area (Å²) in [5.41, 5.74) is -1.06. The average Bonchev–Trinajstić information content (AvgIpc) is 3.30. The second kappa shape index (κ2) is 6.35. The van der Waals surface area contributed by atoms with E-state index < -0.39 is 11.7 Å². The second-order valence-corrected chi connectivity index (χ2v) is 9.08. The minimum Gasteiger partial charge on any atom is -0.429 e. The maximum Gasteiger partial charge on any atom is 0.426 e. The van der Waals surface area contributed by atoms with Crippen LogP contribution in [0.4, 0.5) is 13.9 Å². The van der Waals surface area contributed by atoms with Crippen LogP contribution in [0, 0.1) is 0 Å². The van der Waals surface area contributed by atoms with Crippen molar-refractivity contribution in [3.63, 3.8) is 0 Å². The largest absolute Gasteiger partial charge is 0.429 e. The zero-order valence-corrected chi connectivity index (χ0v) is 16.8. The Balaban J connectivity index is 1.60. The van der Waals surface area contributed by atoms with Gasteiger partial charge in [0.1, 0.15) is 11.6 Å². The molecule has 5 heterocycles. The van der Waals surface area contributed by atoms with Crippen molar-refractivity contribution in [3.8, 4) is 17.1 Å². The Morgan fingerprint density at radius 1 is 1.28 bits per heavy atom. The first-order valence-corrected chi connectivity index (χ1v) is 10.3. The van der Waals surface area contributed by atoms with E-state index >= 15 is 0 Å². The molecule has 3 N–H and O–H groups in total. The molecule has 6 rings (SSSR count). The number of hydrogen-bond acceptors (Lipinski definition) is 7. The molecule has 154 valence electrons. The quantitative estimate of drug-likeness (QED) is 0.587. The molecule has 2 aromatic heterocycles. The highest BCUT2D eigenvalue weighted by atomic mass is 32.1. The lowest BCUT2D eigenvalue weighted by Crippen LogP contribution is -2.67. The zero-order chi connectivity index (χ0) is 20.4. The van der Waals surface area contributed by atoms with Crippen LogP contribution in [-0.4, -0.2) is 56.9 Å². The number of aliphatic hydroxyl groups is 1. The van der Waals surface area contributed by atoms with Crippen LogP contribution in [0.15, 0.2) is 24.5 Å². The van der Waals surface area contributed by atoms with Crippen LogP contribution in [0.1, 0.15) is 20.3 Å². The maximum absolute atomic E-state index is 14.4. The third-order valence-electron chi connectivity index (χ3n) is 5.39. The Morgan fingerprint density at radius 2 is 2.00 bits per heavy atom. The lowest BCUT2D eigenvalue weighted by atomic mass is 9.92. The maximum atomic E-state index is 14.4. The number of H-pyrrole nitrogens is 1. The van der Waals surface area contributed by atoms with Crippen LogP contribution >= 0.6 is 11.3 Å². The van der Waals surface area contributed by atoms with E-state index in [4.69, 9.17) is 9.72 Å². The van der Waals surface area contributed by atoms with E-state index in [1.165, 1.54) is 17.4 Å². The Kier molecular flexibility index (Phi) is 4.10. The summed E-state index contributed by atoms with van der Waals surface area (Å²) in [5.74, 6) is 0.599. The van der Waals surface area contributed by atoms with Gasteiger partial charge in [0, 0.05) is 43.1 Å². The fourth-order valence-electron chi connectivity index (χ4n) is 3.72. The van der Waals surface area contributed by atoms with Gasteiger partial charge in [0.25, 0.3) is 0 Å². The molecule has 3 aliphatic heterocycles. The van der Waals surface area contributed by atoms with E-state index in [0.717, 1.165) is 38.5 Å². The summed E-state index contributed by atoms with van der Waals surface area (Å²) in [7, 11) is 0. The molecular weight excluding hydrogens is 400 g/mol. The van der Waals surface area contributed by atoms with Gasteiger partial charge in [0.2, 0.25) is 0 Å². The molecule has 2 unspecified atom stereocenters. The molecule has 0 aliphatic carbocycles. The number of aromatic amines is 1. The smallest absolute Gasteiger partial charge is 0.426 e. The molecule has 7 nitrogen and oxygen atoms in total. The predicted octanol–water partition coefficient (Wildman–Crippen LogP) is 2.98. The van der Waals surface area contributed by atoms with Gasteiger partial charge in [-0.25, -0.2) is 9.97 Å². The van der Waals surface area contributed by atoms with Crippen molar-refractivity contribution < 1.29 is 18.6 Å². The number of imidazole rings is 1. The molecule has 0 amide bonds. The Hall–Kier alpha value is -2.30. The summed E-state index contributed by atoms with van der Waals surface area (Å²) in [5, 5.41) is 14.1. The lowest BCUT2D eigenvalue weighted by molar-refractivity contribution is -0.275. The van der Waals surface area contributed by atoms with Gasteiger partial charge in [-0.3, -0.25) is 0 Å². The number of nitrogens with one attached hydrogen (secondary N) is 2. The van der Waals surface area contributed by atoms with Crippen molar-refractivity contribution in [3.05, 3.63) is 24.5 Å². The third-order valence-corrected chi connectivity index (χ3v) is 6.52. The highest BCUT2D eigenvalue weighted by molar-refractivity contribution is 7.22. The molecule has 3 aliphatic rings. The number of benzene rings is 1. The molecule has 0 spiro atoms. The van der Waals surface area contributed by atoms with Gasteiger partial charge in [-0.2, -0.15) is 8.78 Å². The topological polar surface area (TPSA) is 86.3 Å². The number of aromatic nitrogens is 3. The van der Waals surface area contributed by atoms with Crippen molar-refractivity contribution in [1.82, 2.24) is 20.3 Å². The molecule has 2 atom stereocenters. The molecule has 0 saturated carbocycles. The monoisotopic (exact) mass is 421 g/mol. The molecular formula is C19H21F2N5O2S. The van der Waals surface area contributed by atoms with Crippen molar-refractivity contribution in [2.75, 3.05) is 18.0 Å². The summed E-state index contributed by atoms with van der Waals surface area (Å²) in [6.45, 7) is 3.71. The fourth-order valence-corrected chi connectivity index (χ4v) is 4.78. The molecule has 29 heavy (non-hydrogen) atoms. The van der Waals surface area contributed by atoms with Crippen LogP contribution in [0.5, 0.6) is 5.75 Å². The van der Waals surface area contributed by atoms with Crippen molar-refractivity contribution in [2.45, 2.75) is 44.1 Å². The van der Waals surface area contributed by atoms with Gasteiger partial charge in [0.15, 0.2) is 10.7 Å². The minimum atomic E-state index is -3.76. The van der Waals surface area contributed by atoms with E-state index in [9.17, 15) is 13.9 Å². The first-order valence-electron chi connectivity index (χ1n) is 9.45. The predicted molar refractivity (Wildman–Crippen MR) is 107 cm³/mol. The first kappa shape index (κ1) is 18.7. The fraction of sp³-hybridized carbons (Fsp3) is 0.474. The minimum absolute atomic E-state index is 0.00789. The number of piperidine rings is 1. The number of nitrogens with zero attached hydrogens (tertiary/aromatic N) is 3. The number of hydrogen-bond donors (Lipinski definition) is 3. The van der Waals surface area contributed by atoms with Crippen molar-refractivity contribution in [1.29, 1.82) is 0 Å². The number of alkyl halides is 2. The van der Waals surface area contributed by atoms with Crippen LogP contribution in [0.3, 0.4) is 0 Å². The van der Waals surface area contributed by atoms with E-state index in [1.54, 1.807) is 18.5 Å². The average molecular weight is 421 g/mol. The number of halogens is 2. The van der Waals surface area contributed by atoms with Gasteiger partial charge in [-0.1, -0.05) is 11.3 Å². The third kappa shape index (κ3) is 3.15. The van der Waals surface area contributed by atoms with Gasteiger partial charge in [-0.15, -0.1) is 0 Å². The molecule has 10 heteroatoms. The highest BCUT2D eigenvalue weighted by Gasteiger charge is 2.49. The lowest BCUT2D eigenvalue weighted by Gasteiger charge is -2.48. The molecule has 2 bridgehead atoms. The summed E-state index contributed by atoms with van der Waals surface area (Å²) in [6.07, 6.45) is 0.731. The highest BCUT2D eigenvalue weighted by Crippen LogP contribution is 2.43. The normalized spacial score (nSPS) is 22.0. The van der Waals surface area contributed by atoms with E-state index in [2.05, 4.69) is 20.2 Å². The summed E-state index contributed by atoms with van der Waals surface area (Å²) < 4.78 is 34.3. The molecule has 3 aromatic rings. The Morgan fingerprint density at radius 3 is 2.62 bits per heavy atom. The Labute approximate surface area is 169 Å². The van der Waals surface area contributed by atoms with Gasteiger partial charge < -0.3 is 25.0 Å². The van der Waals surface area contributed by atoms with Crippen LogP contribution in [0.25, 0.3) is 21.6 Å². The number of rotatable bonds is 5. The number of thiazole rings is 1. The molecule has 3 fully saturated rings. The van der Waals surface area contributed by atoms with Crippen molar-refractivity contribution in [2.24, 2.45) is 0 Å². The van der Waals surface area contributed by atoms with E-state index in [0.29, 0.717) is 33.7 Å². The second-order valence-electron chi connectivity index (χ2n) is 8.10. The van der Waals surface area contributed by atoms with E-state index in [1.807, 2.05) is 0 Å². The van der Waals surface area contributed by atoms with Crippen LogP contribution in [-0.2, 0) is 0 Å². The van der Waals surface area contributed by atoms with Crippen molar-refractivity contribution >= 4 is 26.7 Å². The molecule has 1 aromatic carbocycles. The molecule has 3 saturated heterocycles. The van der Waals surface area contributed by atoms with Gasteiger partial charge >= 0.3 is 6.11 Å².